The van der Waals surface area contributed by atoms with Gasteiger partial charge in [-0.15, -0.1) is 0 Å². The molecule has 0 atom stereocenters. The Morgan fingerprint density at radius 2 is 1.38 bits per heavy atom. The molecule has 1 saturated heterocycles. The summed E-state index contributed by atoms with van der Waals surface area (Å²) in [6.07, 6.45) is 2.00. The Labute approximate surface area is 188 Å². The lowest BCUT2D eigenvalue weighted by Crippen LogP contribution is -2.29. The van der Waals surface area contributed by atoms with Crippen LogP contribution in [0.5, 0.6) is 11.5 Å². The number of nitrogen functional groups attached to an aromatic ring is 1. The number of rotatable bonds is 8. The summed E-state index contributed by atoms with van der Waals surface area (Å²) in [6, 6.07) is 16.1. The van der Waals surface area contributed by atoms with Gasteiger partial charge < -0.3 is 25.4 Å². The number of aromatic nitrogens is 3. The number of anilines is 2. The Hall–Kier alpha value is -3.39. The maximum atomic E-state index is 6.13. The van der Waals surface area contributed by atoms with E-state index < -0.39 is 0 Å². The normalized spacial score (nSPS) is 14.2. The number of benzene rings is 2. The summed E-state index contributed by atoms with van der Waals surface area (Å²) in [5, 5.41) is 3.39. The van der Waals surface area contributed by atoms with E-state index in [0.717, 1.165) is 54.4 Å². The Morgan fingerprint density at radius 3 is 1.88 bits per heavy atom. The molecule has 0 amide bonds. The van der Waals surface area contributed by atoms with Crippen molar-refractivity contribution in [3.63, 3.8) is 0 Å². The van der Waals surface area contributed by atoms with Crippen LogP contribution in [0.1, 0.15) is 35.7 Å². The quantitative estimate of drug-likeness (QED) is 0.558. The Balaban J connectivity index is 1.64. The smallest absolute Gasteiger partial charge is 0.231 e. The predicted molar refractivity (Wildman–Crippen MR) is 125 cm³/mol. The first-order valence-corrected chi connectivity index (χ1v) is 10.9. The third-order valence-corrected chi connectivity index (χ3v) is 5.71. The van der Waals surface area contributed by atoms with Gasteiger partial charge in [0.2, 0.25) is 11.9 Å². The van der Waals surface area contributed by atoms with Crippen LogP contribution in [0.15, 0.2) is 48.5 Å². The third-order valence-electron chi connectivity index (χ3n) is 5.71. The van der Waals surface area contributed by atoms with Crippen molar-refractivity contribution in [2.24, 2.45) is 0 Å². The summed E-state index contributed by atoms with van der Waals surface area (Å²) >= 11 is 0. The Morgan fingerprint density at radius 1 is 0.844 bits per heavy atom. The van der Waals surface area contributed by atoms with Crippen molar-refractivity contribution in [1.82, 2.24) is 20.3 Å². The molecule has 2 aromatic carbocycles. The molecule has 0 unspecified atom stereocenters. The SMILES string of the molecule is COc1ccc(CN(Cc2ccc(OC)cc2)c2nc(N)nc(C3CCNCC3)n2)cc1. The van der Waals surface area contributed by atoms with Crippen LogP contribution in [-0.4, -0.2) is 42.3 Å². The largest absolute Gasteiger partial charge is 0.497 e. The van der Waals surface area contributed by atoms with Crippen LogP contribution >= 0.6 is 0 Å². The van der Waals surface area contributed by atoms with Crippen molar-refractivity contribution in [1.29, 1.82) is 0 Å². The molecule has 1 aliphatic rings. The summed E-state index contributed by atoms with van der Waals surface area (Å²) < 4.78 is 10.6. The van der Waals surface area contributed by atoms with E-state index in [4.69, 9.17) is 20.2 Å². The second-order valence-corrected chi connectivity index (χ2v) is 7.93. The van der Waals surface area contributed by atoms with E-state index in [1.165, 1.54) is 0 Å². The molecular weight excluding hydrogens is 404 g/mol. The van der Waals surface area contributed by atoms with Gasteiger partial charge in [0.1, 0.15) is 17.3 Å². The van der Waals surface area contributed by atoms with Gasteiger partial charge in [0.25, 0.3) is 0 Å². The molecule has 0 spiro atoms. The summed E-state index contributed by atoms with van der Waals surface area (Å²) in [4.78, 5) is 16.0. The van der Waals surface area contributed by atoms with E-state index in [2.05, 4.69) is 44.5 Å². The van der Waals surface area contributed by atoms with Gasteiger partial charge in [0.15, 0.2) is 0 Å². The summed E-state index contributed by atoms with van der Waals surface area (Å²) in [7, 11) is 3.34. The maximum Gasteiger partial charge on any atom is 0.231 e. The molecule has 4 rings (SSSR count). The molecule has 8 nitrogen and oxygen atoms in total. The molecule has 0 radical (unpaired) electrons. The number of nitrogens with two attached hydrogens (primary N) is 1. The maximum absolute atomic E-state index is 6.13. The monoisotopic (exact) mass is 434 g/mol. The fourth-order valence-electron chi connectivity index (χ4n) is 3.90. The van der Waals surface area contributed by atoms with Crippen molar-refractivity contribution in [3.05, 3.63) is 65.5 Å². The van der Waals surface area contributed by atoms with Crippen molar-refractivity contribution in [2.45, 2.75) is 31.8 Å². The topological polar surface area (TPSA) is 98.4 Å². The molecule has 2 heterocycles. The highest BCUT2D eigenvalue weighted by atomic mass is 16.5. The van der Waals surface area contributed by atoms with Crippen LogP contribution < -0.4 is 25.4 Å². The van der Waals surface area contributed by atoms with Crippen molar-refractivity contribution in [3.8, 4) is 11.5 Å². The van der Waals surface area contributed by atoms with E-state index in [0.29, 0.717) is 25.0 Å². The molecule has 8 heteroatoms. The highest BCUT2D eigenvalue weighted by Crippen LogP contribution is 2.26. The fraction of sp³-hybridized carbons (Fsp3) is 0.375. The minimum atomic E-state index is 0.262. The number of hydrogen-bond donors (Lipinski definition) is 2. The van der Waals surface area contributed by atoms with Crippen LogP contribution in [0.3, 0.4) is 0 Å². The van der Waals surface area contributed by atoms with Gasteiger partial charge in [-0.05, 0) is 61.3 Å². The van der Waals surface area contributed by atoms with Crippen LogP contribution in [0.2, 0.25) is 0 Å². The van der Waals surface area contributed by atoms with Gasteiger partial charge in [-0.3, -0.25) is 0 Å². The second kappa shape index (κ2) is 10.3. The number of piperidine rings is 1. The fourth-order valence-corrected chi connectivity index (χ4v) is 3.90. The van der Waals surface area contributed by atoms with Crippen LogP contribution in [0, 0.1) is 0 Å². The first-order chi connectivity index (χ1) is 15.6. The average Bonchev–Trinajstić information content (AvgIpc) is 2.84. The summed E-state index contributed by atoms with van der Waals surface area (Å²) in [5.41, 5.74) is 8.38. The summed E-state index contributed by atoms with van der Waals surface area (Å²) in [5.74, 6) is 3.59. The van der Waals surface area contributed by atoms with E-state index in [9.17, 15) is 0 Å². The van der Waals surface area contributed by atoms with Crippen LogP contribution in [-0.2, 0) is 13.1 Å². The van der Waals surface area contributed by atoms with Crippen molar-refractivity contribution < 1.29 is 9.47 Å². The highest BCUT2D eigenvalue weighted by molar-refractivity contribution is 5.40. The molecule has 0 bridgehead atoms. The van der Waals surface area contributed by atoms with Gasteiger partial charge in [0, 0.05) is 19.0 Å². The Kier molecular flexibility index (Phi) is 7.01. The van der Waals surface area contributed by atoms with Gasteiger partial charge in [-0.25, -0.2) is 0 Å². The molecule has 1 aliphatic heterocycles. The summed E-state index contributed by atoms with van der Waals surface area (Å²) in [6.45, 7) is 3.19. The van der Waals surface area contributed by atoms with Crippen molar-refractivity contribution >= 4 is 11.9 Å². The average molecular weight is 435 g/mol. The molecule has 1 aromatic heterocycles. The predicted octanol–water partition coefficient (Wildman–Crippen LogP) is 3.14. The van der Waals surface area contributed by atoms with Gasteiger partial charge in [-0.1, -0.05) is 24.3 Å². The molecule has 1 fully saturated rings. The second-order valence-electron chi connectivity index (χ2n) is 7.93. The molecule has 0 saturated carbocycles. The number of nitrogens with zero attached hydrogens (tertiary/aromatic N) is 4. The highest BCUT2D eigenvalue weighted by Gasteiger charge is 2.21. The van der Waals surface area contributed by atoms with E-state index in [1.807, 2.05) is 24.3 Å². The lowest BCUT2D eigenvalue weighted by atomic mass is 9.97. The first-order valence-electron chi connectivity index (χ1n) is 10.9. The van der Waals surface area contributed by atoms with E-state index in [-0.39, 0.29) is 5.95 Å². The lowest BCUT2D eigenvalue weighted by Gasteiger charge is -2.26. The van der Waals surface area contributed by atoms with Crippen LogP contribution in [0.4, 0.5) is 11.9 Å². The first kappa shape index (κ1) is 21.8. The lowest BCUT2D eigenvalue weighted by molar-refractivity contribution is 0.414. The van der Waals surface area contributed by atoms with E-state index in [1.54, 1.807) is 14.2 Å². The van der Waals surface area contributed by atoms with Crippen molar-refractivity contribution in [2.75, 3.05) is 37.9 Å². The van der Waals surface area contributed by atoms with Gasteiger partial charge in [0.05, 0.1) is 14.2 Å². The number of hydrogen-bond acceptors (Lipinski definition) is 8. The zero-order chi connectivity index (χ0) is 22.3. The molecule has 168 valence electrons. The number of methoxy groups -OCH3 is 2. The minimum absolute atomic E-state index is 0.262. The molecular formula is C24H30N6O2. The minimum Gasteiger partial charge on any atom is -0.497 e. The standard InChI is InChI=1S/C24H30N6O2/c1-31-20-7-3-17(4-8-20)15-30(16-18-5-9-21(32-2)10-6-18)24-28-22(27-23(25)29-24)19-11-13-26-14-12-19/h3-10,19,26H,11-16H2,1-2H3,(H2,25,27,28,29). The van der Waals surface area contributed by atoms with Gasteiger partial charge in [-0.2, -0.15) is 15.0 Å². The Bertz CT molecular complexity index is 955. The van der Waals surface area contributed by atoms with Gasteiger partial charge >= 0.3 is 0 Å². The molecule has 3 N–H and O–H groups in total. The third kappa shape index (κ3) is 5.45. The zero-order valence-electron chi connectivity index (χ0n) is 18.6. The zero-order valence-corrected chi connectivity index (χ0v) is 18.6. The molecule has 3 aromatic rings. The molecule has 32 heavy (non-hydrogen) atoms. The van der Waals surface area contributed by atoms with E-state index >= 15 is 0 Å². The van der Waals surface area contributed by atoms with Crippen LogP contribution in [0.25, 0.3) is 0 Å². The number of ether oxygens (including phenoxy) is 2. The number of nitrogens with one attached hydrogen (secondary N) is 1. The molecule has 0 aliphatic carbocycles.